The smallest absolute Gasteiger partial charge is 0.241 e. The number of nitrogens with two attached hydrogens (primary N) is 2. The molecular formula is C27H38N6O4S. The molecule has 2 aromatic carbocycles. The molecule has 2 aromatic rings. The number of Topliss-reactive ketones (excluding diaryl/α,β-unsaturated/α-hetero) is 1. The number of hydrazone groups is 1. The summed E-state index contributed by atoms with van der Waals surface area (Å²) >= 11 is 0. The van der Waals surface area contributed by atoms with E-state index >= 15 is 0 Å². The largest absolute Gasteiger partial charge is 0.343 e. The molecule has 0 spiro atoms. The van der Waals surface area contributed by atoms with Crippen LogP contribution in [0.2, 0.25) is 0 Å². The lowest BCUT2D eigenvalue weighted by Crippen LogP contribution is -2.58. The van der Waals surface area contributed by atoms with Gasteiger partial charge in [0.15, 0.2) is 5.78 Å². The zero-order valence-corrected chi connectivity index (χ0v) is 22.6. The summed E-state index contributed by atoms with van der Waals surface area (Å²) < 4.78 is 29.7. The molecule has 6 N–H and O–H groups in total. The molecule has 4 rings (SSSR count). The molecule has 3 unspecified atom stereocenters. The third-order valence-electron chi connectivity index (χ3n) is 7.96. The molecule has 1 amide bonds. The minimum absolute atomic E-state index is 0.0272. The molecule has 0 radical (unpaired) electrons. The molecule has 1 aliphatic carbocycles. The molecule has 1 aliphatic heterocycles. The molecule has 2 fully saturated rings. The predicted molar refractivity (Wildman–Crippen MR) is 148 cm³/mol. The van der Waals surface area contributed by atoms with Gasteiger partial charge in [-0.15, -0.1) is 0 Å². The highest BCUT2D eigenvalue weighted by atomic mass is 32.2. The first-order valence-corrected chi connectivity index (χ1v) is 14.7. The molecule has 10 nitrogen and oxygen atoms in total. The molecule has 1 saturated carbocycles. The van der Waals surface area contributed by atoms with Crippen molar-refractivity contribution in [3.05, 3.63) is 42.5 Å². The summed E-state index contributed by atoms with van der Waals surface area (Å²) in [6.45, 7) is 1.60. The Morgan fingerprint density at radius 3 is 2.58 bits per heavy atom. The molecule has 2 aliphatic rings. The van der Waals surface area contributed by atoms with E-state index in [9.17, 15) is 18.0 Å². The van der Waals surface area contributed by atoms with E-state index in [0.29, 0.717) is 12.8 Å². The predicted octanol–water partition coefficient (Wildman–Crippen LogP) is 1.49. The van der Waals surface area contributed by atoms with E-state index in [0.717, 1.165) is 49.5 Å². The van der Waals surface area contributed by atoms with Gasteiger partial charge in [-0.3, -0.25) is 9.59 Å². The third kappa shape index (κ3) is 6.23. The van der Waals surface area contributed by atoms with Gasteiger partial charge in [-0.05, 0) is 61.7 Å². The van der Waals surface area contributed by atoms with Gasteiger partial charge in [0.25, 0.3) is 0 Å². The molecule has 0 aromatic heterocycles. The number of carbonyl (C=O) groups is 2. The van der Waals surface area contributed by atoms with Crippen molar-refractivity contribution in [1.29, 1.82) is 0 Å². The average Bonchev–Trinajstić information content (AvgIpc) is 2.92. The lowest BCUT2D eigenvalue weighted by Gasteiger charge is -2.39. The number of fused-ring (bicyclic) bond motifs is 1. The average molecular weight is 543 g/mol. The molecule has 1 saturated heterocycles. The Balaban J connectivity index is 1.63. The van der Waals surface area contributed by atoms with Gasteiger partial charge in [0.1, 0.15) is 0 Å². The molecular weight excluding hydrogens is 504 g/mol. The van der Waals surface area contributed by atoms with Crippen LogP contribution >= 0.6 is 0 Å². The number of carbonyl (C=O) groups excluding carboxylic acids is 2. The fourth-order valence-corrected chi connectivity index (χ4v) is 6.91. The third-order valence-corrected chi connectivity index (χ3v) is 9.43. The van der Waals surface area contributed by atoms with Gasteiger partial charge in [-0.25, -0.2) is 13.1 Å². The van der Waals surface area contributed by atoms with Crippen molar-refractivity contribution in [2.75, 3.05) is 20.1 Å². The summed E-state index contributed by atoms with van der Waals surface area (Å²) in [5.74, 6) is 3.99. The van der Waals surface area contributed by atoms with E-state index in [-0.39, 0.29) is 23.3 Å². The highest BCUT2D eigenvalue weighted by Crippen LogP contribution is 2.33. The van der Waals surface area contributed by atoms with Crippen LogP contribution < -0.4 is 21.6 Å². The Labute approximate surface area is 224 Å². The van der Waals surface area contributed by atoms with Crippen molar-refractivity contribution >= 4 is 38.7 Å². The van der Waals surface area contributed by atoms with Crippen LogP contribution in [0.25, 0.3) is 10.8 Å². The minimum atomic E-state index is -4.13. The van der Waals surface area contributed by atoms with Crippen LogP contribution in [0.15, 0.2) is 52.5 Å². The first kappa shape index (κ1) is 28.2. The maximum Gasteiger partial charge on any atom is 0.241 e. The van der Waals surface area contributed by atoms with Crippen LogP contribution in [-0.4, -0.2) is 69.0 Å². The second kappa shape index (κ2) is 11.9. The van der Waals surface area contributed by atoms with E-state index in [2.05, 4.69) is 15.1 Å². The zero-order valence-electron chi connectivity index (χ0n) is 21.8. The van der Waals surface area contributed by atoms with Crippen molar-refractivity contribution in [2.24, 2.45) is 22.6 Å². The maximum atomic E-state index is 14.0. The highest BCUT2D eigenvalue weighted by Gasteiger charge is 2.44. The lowest BCUT2D eigenvalue weighted by atomic mass is 9.70. The van der Waals surface area contributed by atoms with Gasteiger partial charge < -0.3 is 21.8 Å². The molecule has 206 valence electrons. The normalized spacial score (nSPS) is 23.9. The van der Waals surface area contributed by atoms with Gasteiger partial charge >= 0.3 is 0 Å². The van der Waals surface area contributed by atoms with Crippen LogP contribution in [0, 0.1) is 5.92 Å². The lowest BCUT2D eigenvalue weighted by molar-refractivity contribution is -0.136. The zero-order chi connectivity index (χ0) is 27.3. The number of hydrogen-bond acceptors (Lipinski definition) is 8. The Morgan fingerprint density at radius 1 is 1.16 bits per heavy atom. The monoisotopic (exact) mass is 542 g/mol. The Bertz CT molecular complexity index is 1290. The van der Waals surface area contributed by atoms with E-state index < -0.39 is 33.3 Å². The Hall–Kier alpha value is -2.86. The standard InChI is InChI=1S/C27H38N6O4S/c1-33(21-11-14-30-15-12-21)25(34)17-24(26(35)23-8-4-5-13-27(23,28)18-31-29)32-38(36,37)22-10-9-19-6-2-3-7-20(19)16-22/h2-3,6-7,9-10,16,18,21,23-24,30,32H,4-5,8,11-15,17,28-29H2,1H3. The summed E-state index contributed by atoms with van der Waals surface area (Å²) in [5, 5.41) is 8.53. The SMILES string of the molecule is CN(C(=O)CC(NS(=O)(=O)c1ccc2ccccc2c1)C(=O)C1CCCCC1(N)C=NN)C1CCNCC1. The van der Waals surface area contributed by atoms with Crippen molar-refractivity contribution in [3.8, 4) is 0 Å². The number of nitrogens with zero attached hydrogens (tertiary/aromatic N) is 2. The number of piperidine rings is 1. The van der Waals surface area contributed by atoms with Crippen molar-refractivity contribution in [3.63, 3.8) is 0 Å². The molecule has 0 bridgehead atoms. The van der Waals surface area contributed by atoms with Crippen LogP contribution in [0.5, 0.6) is 0 Å². The molecule has 38 heavy (non-hydrogen) atoms. The number of benzene rings is 2. The van der Waals surface area contributed by atoms with Crippen molar-refractivity contribution < 1.29 is 18.0 Å². The van der Waals surface area contributed by atoms with Crippen LogP contribution in [0.3, 0.4) is 0 Å². The van der Waals surface area contributed by atoms with Crippen LogP contribution in [-0.2, 0) is 19.6 Å². The second-order valence-electron chi connectivity index (χ2n) is 10.5. The fraction of sp³-hybridized carbons (Fsp3) is 0.519. The van der Waals surface area contributed by atoms with Crippen LogP contribution in [0.1, 0.15) is 44.9 Å². The minimum Gasteiger partial charge on any atom is -0.343 e. The van der Waals surface area contributed by atoms with Crippen LogP contribution in [0.4, 0.5) is 0 Å². The summed E-state index contributed by atoms with van der Waals surface area (Å²) in [4.78, 5) is 29.0. The van der Waals surface area contributed by atoms with Gasteiger partial charge in [0.2, 0.25) is 15.9 Å². The van der Waals surface area contributed by atoms with E-state index in [1.165, 1.54) is 12.3 Å². The molecule has 1 heterocycles. The first-order chi connectivity index (χ1) is 18.1. The highest BCUT2D eigenvalue weighted by molar-refractivity contribution is 7.89. The fourth-order valence-electron chi connectivity index (χ4n) is 5.67. The summed E-state index contributed by atoms with van der Waals surface area (Å²) in [6, 6.07) is 11.0. The van der Waals surface area contributed by atoms with E-state index in [1.807, 2.05) is 24.3 Å². The second-order valence-corrected chi connectivity index (χ2v) is 12.2. The number of rotatable bonds is 9. The number of ketones is 1. The van der Waals surface area contributed by atoms with Gasteiger partial charge in [0, 0.05) is 25.2 Å². The number of sulfonamides is 1. The summed E-state index contributed by atoms with van der Waals surface area (Å²) in [7, 11) is -2.42. The quantitative estimate of drug-likeness (QED) is 0.212. The van der Waals surface area contributed by atoms with Crippen molar-refractivity contribution in [1.82, 2.24) is 14.9 Å². The molecule has 11 heteroatoms. The number of amides is 1. The number of hydrogen-bond donors (Lipinski definition) is 4. The van der Waals surface area contributed by atoms with Gasteiger partial charge in [0.05, 0.1) is 22.9 Å². The summed E-state index contributed by atoms with van der Waals surface area (Å²) in [6.07, 6.45) is 5.21. The summed E-state index contributed by atoms with van der Waals surface area (Å²) in [5.41, 5.74) is 5.47. The topological polar surface area (TPSA) is 160 Å². The van der Waals surface area contributed by atoms with Gasteiger partial charge in [-0.2, -0.15) is 5.10 Å². The van der Waals surface area contributed by atoms with Gasteiger partial charge in [-0.1, -0.05) is 43.2 Å². The van der Waals surface area contributed by atoms with Crippen molar-refractivity contribution in [2.45, 2.75) is 67.5 Å². The van der Waals surface area contributed by atoms with E-state index in [1.54, 1.807) is 24.1 Å². The van der Waals surface area contributed by atoms with E-state index in [4.69, 9.17) is 11.6 Å². The Kier molecular flexibility index (Phi) is 8.81. The maximum absolute atomic E-state index is 14.0. The Morgan fingerprint density at radius 2 is 1.87 bits per heavy atom. The molecule has 3 atom stereocenters. The first-order valence-electron chi connectivity index (χ1n) is 13.2. The number of nitrogens with one attached hydrogen (secondary N) is 2.